The summed E-state index contributed by atoms with van der Waals surface area (Å²) in [5, 5.41) is 0.422. The summed E-state index contributed by atoms with van der Waals surface area (Å²) >= 11 is 0. The number of benzene rings is 1. The molecule has 1 aliphatic carbocycles. The first-order chi connectivity index (χ1) is 19.3. The van der Waals surface area contributed by atoms with Gasteiger partial charge in [0.2, 0.25) is 0 Å². The zero-order chi connectivity index (χ0) is 27.5. The molecule has 13 heteroatoms. The molecule has 2 unspecified atom stereocenters. The number of alkyl halides is 3. The van der Waals surface area contributed by atoms with Gasteiger partial charge >= 0.3 is 12.4 Å². The van der Waals surface area contributed by atoms with Crippen LogP contribution in [0.15, 0.2) is 30.5 Å². The molecule has 0 amide bonds. The molecule has 3 saturated heterocycles. The third-order valence-corrected chi connectivity index (χ3v) is 9.20. The van der Waals surface area contributed by atoms with Crippen molar-refractivity contribution in [1.82, 2.24) is 19.9 Å². The number of pyridine rings is 1. The van der Waals surface area contributed by atoms with Gasteiger partial charge in [-0.15, -0.1) is 38.0 Å². The predicted molar refractivity (Wildman–Crippen MR) is 155 cm³/mol. The minimum atomic E-state index is -4.93. The highest BCUT2D eigenvalue weighted by Gasteiger charge is 2.45. The lowest BCUT2D eigenvalue weighted by Gasteiger charge is -2.34. The Morgan fingerprint density at radius 1 is 0.976 bits per heavy atom. The van der Waals surface area contributed by atoms with Crippen LogP contribution in [-0.2, 0) is 0 Å². The maximum absolute atomic E-state index is 16.2. The Morgan fingerprint density at radius 3 is 2.36 bits per heavy atom. The van der Waals surface area contributed by atoms with E-state index in [1.54, 1.807) is 0 Å². The molecule has 7 nitrogen and oxygen atoms in total. The molecule has 3 aliphatic heterocycles. The average Bonchev–Trinajstić information content (AvgIpc) is 3.61. The molecule has 5 heterocycles. The third kappa shape index (κ3) is 5.67. The number of aromatic nitrogens is 3. The summed E-state index contributed by atoms with van der Waals surface area (Å²) in [6.45, 7) is 4.14. The van der Waals surface area contributed by atoms with Crippen LogP contribution in [-0.4, -0.2) is 64.5 Å². The van der Waals surface area contributed by atoms with Crippen LogP contribution in [0, 0.1) is 17.7 Å². The molecule has 2 atom stereocenters. The molecule has 0 N–H and O–H groups in total. The fourth-order valence-corrected chi connectivity index (χ4v) is 7.43. The minimum Gasteiger partial charge on any atom is -0.461 e. The lowest BCUT2D eigenvalue weighted by atomic mass is 9.95. The summed E-state index contributed by atoms with van der Waals surface area (Å²) in [7, 11) is 0. The van der Waals surface area contributed by atoms with Gasteiger partial charge in [0, 0.05) is 24.8 Å². The number of ether oxygens (including phenoxy) is 2. The van der Waals surface area contributed by atoms with E-state index in [9.17, 15) is 13.2 Å². The van der Waals surface area contributed by atoms with Crippen molar-refractivity contribution >= 4 is 41.5 Å². The number of anilines is 1. The van der Waals surface area contributed by atoms with Gasteiger partial charge in [-0.2, -0.15) is 9.97 Å². The number of hydrogen-bond acceptors (Lipinski definition) is 7. The van der Waals surface area contributed by atoms with Crippen molar-refractivity contribution in [3.05, 3.63) is 36.3 Å². The van der Waals surface area contributed by atoms with Gasteiger partial charge in [0.1, 0.15) is 29.4 Å². The highest BCUT2D eigenvalue weighted by molar-refractivity contribution is 5.92. The maximum atomic E-state index is 16.2. The Labute approximate surface area is 253 Å². The standard InChI is InChI=1S/C29H31F4N5O2.2ClH/c30-23-24(20-5-1-2-6-22(20)40-29(31,32)33)34-14-21-25(23)35-27(39-17-28-9-3-11-38(28)12-4-10-28)36-26(21)37-15-18-7-8-19(13-18)16-37;;/h1-2,5-6,14,18-19H,3-4,7-13,15-17H2;2*1H. The molecule has 4 fully saturated rings. The van der Waals surface area contributed by atoms with E-state index < -0.39 is 17.9 Å². The molecule has 2 bridgehead atoms. The topological polar surface area (TPSA) is 63.6 Å². The highest BCUT2D eigenvalue weighted by Crippen LogP contribution is 2.42. The predicted octanol–water partition coefficient (Wildman–Crippen LogP) is 6.82. The number of nitrogens with zero attached hydrogens (tertiary/aromatic N) is 5. The molecule has 0 radical (unpaired) electrons. The quantitative estimate of drug-likeness (QED) is 0.277. The molecule has 42 heavy (non-hydrogen) atoms. The number of halogens is 6. The van der Waals surface area contributed by atoms with E-state index in [0.717, 1.165) is 57.9 Å². The highest BCUT2D eigenvalue weighted by atomic mass is 35.5. The van der Waals surface area contributed by atoms with Gasteiger partial charge in [-0.05, 0) is 82.0 Å². The third-order valence-electron chi connectivity index (χ3n) is 9.20. The molecule has 0 spiro atoms. The molecule has 228 valence electrons. The first-order valence-corrected chi connectivity index (χ1v) is 14.1. The van der Waals surface area contributed by atoms with Crippen molar-refractivity contribution in [2.75, 3.05) is 37.7 Å². The second-order valence-electron chi connectivity index (χ2n) is 11.7. The van der Waals surface area contributed by atoms with Crippen LogP contribution in [0.2, 0.25) is 0 Å². The smallest absolute Gasteiger partial charge is 0.461 e. The van der Waals surface area contributed by atoms with Crippen molar-refractivity contribution in [3.8, 4) is 23.0 Å². The fourth-order valence-electron chi connectivity index (χ4n) is 7.43. The molecule has 7 rings (SSSR count). The van der Waals surface area contributed by atoms with Crippen molar-refractivity contribution < 1.29 is 27.0 Å². The summed E-state index contributed by atoms with van der Waals surface area (Å²) in [6, 6.07) is 5.50. The number of para-hydroxylation sites is 1. The van der Waals surface area contributed by atoms with Gasteiger partial charge in [0.25, 0.3) is 0 Å². The van der Waals surface area contributed by atoms with Crippen molar-refractivity contribution in [2.24, 2.45) is 11.8 Å². The first-order valence-electron chi connectivity index (χ1n) is 14.1. The van der Waals surface area contributed by atoms with Gasteiger partial charge in [-0.25, -0.2) is 4.39 Å². The lowest BCUT2D eigenvalue weighted by Crippen LogP contribution is -2.43. The summed E-state index contributed by atoms with van der Waals surface area (Å²) in [5.74, 6) is 0.329. The maximum Gasteiger partial charge on any atom is 0.573 e. The van der Waals surface area contributed by atoms with E-state index in [1.807, 2.05) is 0 Å². The van der Waals surface area contributed by atoms with E-state index in [1.165, 1.54) is 43.7 Å². The van der Waals surface area contributed by atoms with E-state index in [-0.39, 0.29) is 53.1 Å². The zero-order valence-electron chi connectivity index (χ0n) is 22.9. The molecule has 3 aromatic rings. The molecule has 2 aromatic heterocycles. The Morgan fingerprint density at radius 2 is 1.67 bits per heavy atom. The molecule has 1 saturated carbocycles. The zero-order valence-corrected chi connectivity index (χ0v) is 24.5. The normalized spacial score (nSPS) is 22.9. The van der Waals surface area contributed by atoms with Crippen LogP contribution >= 0.6 is 24.8 Å². The molecule has 1 aromatic carbocycles. The van der Waals surface area contributed by atoms with Crippen LogP contribution < -0.4 is 14.4 Å². The SMILES string of the molecule is Cl.Cl.Fc1c(-c2ccccc2OC(F)(F)F)ncc2c(N3CC4CCC(C4)C3)nc(OCC34CCCN3CCC4)nc12. The average molecular weight is 631 g/mol. The summed E-state index contributed by atoms with van der Waals surface area (Å²) in [5.41, 5.74) is -0.433. The number of piperidine rings is 1. The van der Waals surface area contributed by atoms with Crippen LogP contribution in [0.1, 0.15) is 44.9 Å². The summed E-state index contributed by atoms with van der Waals surface area (Å²) in [4.78, 5) is 18.2. The second-order valence-corrected chi connectivity index (χ2v) is 11.7. The fraction of sp³-hybridized carbons (Fsp3) is 0.552. The van der Waals surface area contributed by atoms with Gasteiger partial charge in [-0.3, -0.25) is 9.88 Å². The van der Waals surface area contributed by atoms with Gasteiger partial charge in [0.15, 0.2) is 5.82 Å². The van der Waals surface area contributed by atoms with Crippen molar-refractivity contribution in [2.45, 2.75) is 56.8 Å². The Hall–Kier alpha value is -2.63. The van der Waals surface area contributed by atoms with Gasteiger partial charge < -0.3 is 14.4 Å². The lowest BCUT2D eigenvalue weighted by molar-refractivity contribution is -0.274. The number of rotatable bonds is 6. The minimum absolute atomic E-state index is 0. The van der Waals surface area contributed by atoms with Crippen LogP contribution in [0.5, 0.6) is 11.8 Å². The number of fused-ring (bicyclic) bond motifs is 4. The Balaban J connectivity index is 0.00000176. The van der Waals surface area contributed by atoms with E-state index in [4.69, 9.17) is 9.72 Å². The van der Waals surface area contributed by atoms with Crippen molar-refractivity contribution in [1.29, 1.82) is 0 Å². The molecular formula is C29H33Cl2F4N5O2. The Kier molecular flexibility index (Phi) is 8.66. The van der Waals surface area contributed by atoms with Crippen LogP contribution in [0.4, 0.5) is 23.4 Å². The second kappa shape index (κ2) is 11.8. The van der Waals surface area contributed by atoms with Crippen LogP contribution in [0.3, 0.4) is 0 Å². The van der Waals surface area contributed by atoms with E-state index in [0.29, 0.717) is 29.6 Å². The monoisotopic (exact) mass is 629 g/mol. The summed E-state index contributed by atoms with van der Waals surface area (Å²) < 4.78 is 66.0. The summed E-state index contributed by atoms with van der Waals surface area (Å²) in [6.07, 6.45) is 4.37. The van der Waals surface area contributed by atoms with Gasteiger partial charge in [0.05, 0.1) is 10.9 Å². The number of hydrogen-bond donors (Lipinski definition) is 0. The largest absolute Gasteiger partial charge is 0.573 e. The first kappa shape index (κ1) is 30.8. The van der Waals surface area contributed by atoms with E-state index >= 15 is 4.39 Å². The Bertz CT molecular complexity index is 1420. The van der Waals surface area contributed by atoms with E-state index in [2.05, 4.69) is 24.5 Å². The van der Waals surface area contributed by atoms with Crippen molar-refractivity contribution in [3.63, 3.8) is 0 Å². The van der Waals surface area contributed by atoms with Gasteiger partial charge in [-0.1, -0.05) is 12.1 Å². The van der Waals surface area contributed by atoms with Crippen LogP contribution in [0.25, 0.3) is 22.2 Å². The molecule has 4 aliphatic rings. The molecular weight excluding hydrogens is 597 g/mol.